The van der Waals surface area contributed by atoms with Crippen molar-refractivity contribution in [3.8, 4) is 6.07 Å². The molecule has 8 nitrogen and oxygen atoms in total. The number of hydrogen-bond donors (Lipinski definition) is 1. The number of ether oxygens (including phenoxy) is 1. The van der Waals surface area contributed by atoms with Crippen LogP contribution in [0.5, 0.6) is 0 Å². The Labute approximate surface area is 192 Å². The van der Waals surface area contributed by atoms with E-state index in [1.54, 1.807) is 36.7 Å². The molecule has 1 aliphatic rings. The van der Waals surface area contributed by atoms with Crippen LogP contribution >= 0.6 is 0 Å². The summed E-state index contributed by atoms with van der Waals surface area (Å²) in [6.45, 7) is 1.93. The molecular weight excluding hydrogens is 440 g/mol. The molecule has 0 saturated carbocycles. The molecule has 0 fully saturated rings. The Morgan fingerprint density at radius 1 is 1.09 bits per heavy atom. The van der Waals surface area contributed by atoms with Crippen molar-refractivity contribution < 1.29 is 13.9 Å². The van der Waals surface area contributed by atoms with E-state index in [4.69, 9.17) is 10.5 Å². The minimum atomic E-state index is -1.73. The number of pyridine rings is 1. The summed E-state index contributed by atoms with van der Waals surface area (Å²) in [5.41, 5.74) is 8.24. The lowest BCUT2D eigenvalue weighted by molar-refractivity contribution is -0.384. The van der Waals surface area contributed by atoms with Crippen LogP contribution < -0.4 is 5.73 Å². The van der Waals surface area contributed by atoms with E-state index in [1.165, 1.54) is 24.3 Å². The third-order valence-corrected chi connectivity index (χ3v) is 6.71. The molecule has 4 rings (SSSR count). The van der Waals surface area contributed by atoms with Crippen LogP contribution in [0.15, 0.2) is 94.3 Å². The van der Waals surface area contributed by atoms with Crippen molar-refractivity contribution in [2.75, 3.05) is 0 Å². The molecule has 0 bridgehead atoms. The standard InChI is InChI=1S/C24H18N4O4S/c1-15-2-8-19(9-3-15)33(31)23-21(16-4-6-18(7-5-16)28(29)30)20(14-25)24(26)32-22(23)17-10-12-27-13-11-17/h2-13,21H,26H2,1H3/t21-,33?/m0/s1. The number of allylic oxidation sites excluding steroid dienone is 2. The molecular formula is C24H18N4O4S. The number of rotatable bonds is 5. The van der Waals surface area contributed by atoms with Crippen LogP contribution in [0.3, 0.4) is 0 Å². The highest BCUT2D eigenvalue weighted by Gasteiger charge is 2.37. The van der Waals surface area contributed by atoms with Gasteiger partial charge in [-0.05, 0) is 36.8 Å². The molecule has 0 saturated heterocycles. The number of nitrogens with two attached hydrogens (primary N) is 1. The summed E-state index contributed by atoms with van der Waals surface area (Å²) >= 11 is 0. The molecule has 2 N–H and O–H groups in total. The third-order valence-electron chi connectivity index (χ3n) is 5.19. The zero-order chi connectivity index (χ0) is 23.5. The zero-order valence-electron chi connectivity index (χ0n) is 17.5. The molecule has 1 unspecified atom stereocenters. The molecule has 0 amide bonds. The quantitative estimate of drug-likeness (QED) is 0.446. The normalized spacial score (nSPS) is 16.7. The highest BCUT2D eigenvalue weighted by molar-refractivity contribution is 7.89. The van der Waals surface area contributed by atoms with Crippen LogP contribution in [-0.4, -0.2) is 14.1 Å². The molecule has 3 aromatic rings. The number of nitriles is 1. The molecule has 1 aromatic heterocycles. The smallest absolute Gasteiger partial charge is 0.269 e. The number of nitro benzene ring substituents is 1. The van der Waals surface area contributed by atoms with Gasteiger partial charge in [0.15, 0.2) is 0 Å². The average Bonchev–Trinajstić information content (AvgIpc) is 2.84. The van der Waals surface area contributed by atoms with E-state index in [2.05, 4.69) is 11.1 Å². The third kappa shape index (κ3) is 4.24. The fourth-order valence-electron chi connectivity index (χ4n) is 3.53. The van der Waals surface area contributed by atoms with Crippen LogP contribution in [-0.2, 0) is 15.5 Å². The van der Waals surface area contributed by atoms with Gasteiger partial charge in [-0.1, -0.05) is 29.8 Å². The van der Waals surface area contributed by atoms with Crippen LogP contribution in [0.2, 0.25) is 0 Å². The van der Waals surface area contributed by atoms with Crippen LogP contribution in [0, 0.1) is 28.4 Å². The molecule has 2 atom stereocenters. The molecule has 0 aliphatic carbocycles. The lowest BCUT2D eigenvalue weighted by Crippen LogP contribution is -2.23. The van der Waals surface area contributed by atoms with Crippen LogP contribution in [0.25, 0.3) is 5.76 Å². The van der Waals surface area contributed by atoms with Crippen molar-refractivity contribution in [1.82, 2.24) is 4.98 Å². The fraction of sp³-hybridized carbons (Fsp3) is 0.0833. The second-order valence-electron chi connectivity index (χ2n) is 7.28. The SMILES string of the molecule is Cc1ccc(S(=O)C2=C(c3ccncc3)OC(N)=C(C#N)[C@@H]2c2ccc([N+](=O)[O-])cc2)cc1. The molecule has 9 heteroatoms. The first-order valence-corrected chi connectivity index (χ1v) is 11.0. The molecule has 2 aromatic carbocycles. The van der Waals surface area contributed by atoms with Gasteiger partial charge in [0.2, 0.25) is 5.88 Å². The van der Waals surface area contributed by atoms with Crippen molar-refractivity contribution in [2.45, 2.75) is 17.7 Å². The Kier molecular flexibility index (Phi) is 6.02. The van der Waals surface area contributed by atoms with Gasteiger partial charge < -0.3 is 10.5 Å². The Bertz CT molecular complexity index is 1340. The summed E-state index contributed by atoms with van der Waals surface area (Å²) in [4.78, 5) is 15.5. The van der Waals surface area contributed by atoms with Gasteiger partial charge in [-0.3, -0.25) is 15.1 Å². The van der Waals surface area contributed by atoms with Gasteiger partial charge in [0.25, 0.3) is 5.69 Å². The minimum Gasteiger partial charge on any atom is -0.439 e. The van der Waals surface area contributed by atoms with Crippen molar-refractivity contribution in [3.63, 3.8) is 0 Å². The predicted octanol–water partition coefficient (Wildman–Crippen LogP) is 4.28. The van der Waals surface area contributed by atoms with Crippen LogP contribution in [0.4, 0.5) is 5.69 Å². The van der Waals surface area contributed by atoms with Crippen molar-refractivity contribution >= 4 is 22.2 Å². The first-order chi connectivity index (χ1) is 15.9. The first kappa shape index (κ1) is 21.9. The second-order valence-corrected chi connectivity index (χ2v) is 8.73. The minimum absolute atomic E-state index is 0.0807. The van der Waals surface area contributed by atoms with E-state index in [0.717, 1.165) is 5.56 Å². The fourth-order valence-corrected chi connectivity index (χ4v) is 4.96. The molecule has 164 valence electrons. The van der Waals surface area contributed by atoms with E-state index in [0.29, 0.717) is 20.9 Å². The maximum absolute atomic E-state index is 13.9. The maximum Gasteiger partial charge on any atom is 0.269 e. The van der Waals surface area contributed by atoms with Gasteiger partial charge in [-0.2, -0.15) is 5.26 Å². The first-order valence-electron chi connectivity index (χ1n) is 9.85. The summed E-state index contributed by atoms with van der Waals surface area (Å²) < 4.78 is 19.8. The predicted molar refractivity (Wildman–Crippen MR) is 122 cm³/mol. The second kappa shape index (κ2) is 9.06. The zero-order valence-corrected chi connectivity index (χ0v) is 18.3. The van der Waals surface area contributed by atoms with E-state index < -0.39 is 21.6 Å². The van der Waals surface area contributed by atoms with E-state index in [9.17, 15) is 19.6 Å². The Morgan fingerprint density at radius 2 is 1.73 bits per heavy atom. The van der Waals surface area contributed by atoms with Crippen molar-refractivity contribution in [2.24, 2.45) is 5.73 Å². The number of aryl methyl sites for hydroxylation is 1. The van der Waals surface area contributed by atoms with Gasteiger partial charge in [0, 0.05) is 35.0 Å². The van der Waals surface area contributed by atoms with Gasteiger partial charge in [-0.15, -0.1) is 0 Å². The van der Waals surface area contributed by atoms with E-state index in [1.807, 2.05) is 19.1 Å². The largest absolute Gasteiger partial charge is 0.439 e. The molecule has 33 heavy (non-hydrogen) atoms. The summed E-state index contributed by atoms with van der Waals surface area (Å²) in [6, 6.07) is 18.4. The highest BCUT2D eigenvalue weighted by atomic mass is 32.2. The van der Waals surface area contributed by atoms with E-state index in [-0.39, 0.29) is 22.9 Å². The van der Waals surface area contributed by atoms with Gasteiger partial charge >= 0.3 is 0 Å². The monoisotopic (exact) mass is 458 g/mol. The lowest BCUT2D eigenvalue weighted by Gasteiger charge is -2.29. The Morgan fingerprint density at radius 3 is 2.30 bits per heavy atom. The number of non-ortho nitro benzene ring substituents is 1. The molecule has 2 heterocycles. The van der Waals surface area contributed by atoms with Gasteiger partial charge in [-0.25, -0.2) is 4.21 Å². The lowest BCUT2D eigenvalue weighted by atomic mass is 9.88. The summed E-state index contributed by atoms with van der Waals surface area (Å²) in [6.07, 6.45) is 3.14. The molecule has 0 radical (unpaired) electrons. The number of aromatic nitrogens is 1. The number of nitrogens with zero attached hydrogens (tertiary/aromatic N) is 3. The average molecular weight is 458 g/mol. The summed E-state index contributed by atoms with van der Waals surface area (Å²) in [7, 11) is -1.73. The van der Waals surface area contributed by atoms with Gasteiger partial charge in [0.1, 0.15) is 17.4 Å². The van der Waals surface area contributed by atoms with Crippen molar-refractivity contribution in [1.29, 1.82) is 5.26 Å². The number of benzene rings is 2. The summed E-state index contributed by atoms with van der Waals surface area (Å²) in [5, 5.41) is 21.0. The number of nitro groups is 1. The van der Waals surface area contributed by atoms with Crippen LogP contribution in [0.1, 0.15) is 22.6 Å². The Hall–Kier alpha value is -4.29. The summed E-state index contributed by atoms with van der Waals surface area (Å²) in [5.74, 6) is -0.677. The van der Waals surface area contributed by atoms with Gasteiger partial charge in [0.05, 0.1) is 26.5 Å². The maximum atomic E-state index is 13.9. The highest BCUT2D eigenvalue weighted by Crippen LogP contribution is 2.45. The Balaban J connectivity index is 1.97. The molecule has 1 aliphatic heterocycles. The number of hydrogen-bond acceptors (Lipinski definition) is 7. The molecule has 0 spiro atoms. The topological polar surface area (TPSA) is 132 Å². The van der Waals surface area contributed by atoms with E-state index >= 15 is 0 Å². The van der Waals surface area contributed by atoms with Crippen molar-refractivity contribution in [3.05, 3.63) is 116 Å².